The van der Waals surface area contributed by atoms with E-state index in [2.05, 4.69) is 58.7 Å². The summed E-state index contributed by atoms with van der Waals surface area (Å²) in [5.41, 5.74) is 5.56. The highest BCUT2D eigenvalue weighted by atomic mass is 16.3. The van der Waals surface area contributed by atoms with Gasteiger partial charge in [-0.25, -0.2) is 0 Å². The Hall–Kier alpha value is -1.68. The highest BCUT2D eigenvalue weighted by Gasteiger charge is 2.27. The van der Waals surface area contributed by atoms with E-state index in [1.54, 1.807) is 0 Å². The normalized spacial score (nSPS) is 20.0. The predicted octanol–water partition coefficient (Wildman–Crippen LogP) is 3.58. The van der Waals surface area contributed by atoms with Crippen molar-refractivity contribution in [1.82, 2.24) is 10.2 Å². The second kappa shape index (κ2) is 7.69. The van der Waals surface area contributed by atoms with Crippen LogP contribution >= 0.6 is 0 Å². The molecule has 0 radical (unpaired) electrons. The molecule has 1 heterocycles. The molecule has 0 saturated carbocycles. The Morgan fingerprint density at radius 1 is 0.960 bits per heavy atom. The van der Waals surface area contributed by atoms with Crippen LogP contribution in [0.3, 0.4) is 0 Å². The molecule has 0 amide bonds. The molecule has 4 rings (SSSR count). The molecule has 2 aromatic carbocycles. The molecule has 1 unspecified atom stereocenters. The van der Waals surface area contributed by atoms with Crippen LogP contribution in [0.25, 0.3) is 11.1 Å². The van der Waals surface area contributed by atoms with Gasteiger partial charge in [-0.05, 0) is 67.6 Å². The van der Waals surface area contributed by atoms with E-state index >= 15 is 0 Å². The van der Waals surface area contributed by atoms with Crippen molar-refractivity contribution in [3.05, 3.63) is 59.7 Å². The van der Waals surface area contributed by atoms with Crippen molar-refractivity contribution in [2.45, 2.75) is 37.8 Å². The fourth-order valence-corrected chi connectivity index (χ4v) is 4.46. The Morgan fingerprint density at radius 3 is 2.32 bits per heavy atom. The molecule has 1 aliphatic heterocycles. The lowest BCUT2D eigenvalue weighted by atomic mass is 10.1. The maximum absolute atomic E-state index is 9.41. The third kappa shape index (κ3) is 3.37. The van der Waals surface area contributed by atoms with Gasteiger partial charge in [0.2, 0.25) is 0 Å². The highest BCUT2D eigenvalue weighted by Crippen LogP contribution is 2.42. The Balaban J connectivity index is 1.33. The summed E-state index contributed by atoms with van der Waals surface area (Å²) in [5.74, 6) is 0. The lowest BCUT2D eigenvalue weighted by Crippen LogP contribution is -2.33. The summed E-state index contributed by atoms with van der Waals surface area (Å²) in [7, 11) is 0. The van der Waals surface area contributed by atoms with Gasteiger partial charge in [0.25, 0.3) is 0 Å². The molecule has 1 aliphatic carbocycles. The van der Waals surface area contributed by atoms with Gasteiger partial charge >= 0.3 is 0 Å². The minimum Gasteiger partial charge on any atom is -0.395 e. The highest BCUT2D eigenvalue weighted by molar-refractivity contribution is 5.78. The number of nitrogens with one attached hydrogen (secondary N) is 1. The van der Waals surface area contributed by atoms with Crippen LogP contribution in [-0.2, 0) is 0 Å². The van der Waals surface area contributed by atoms with Gasteiger partial charge in [-0.1, -0.05) is 48.5 Å². The number of aliphatic hydroxyl groups is 1. The Labute approximate surface area is 150 Å². The van der Waals surface area contributed by atoms with Gasteiger partial charge < -0.3 is 10.4 Å². The maximum Gasteiger partial charge on any atom is 0.0588 e. The smallest absolute Gasteiger partial charge is 0.0588 e. The summed E-state index contributed by atoms with van der Waals surface area (Å²) < 4.78 is 0. The molecule has 132 valence electrons. The molecule has 1 fully saturated rings. The molecule has 2 aliphatic rings. The molecular weight excluding hydrogens is 308 g/mol. The first-order valence-electron chi connectivity index (χ1n) is 9.65. The quantitative estimate of drug-likeness (QED) is 0.759. The topological polar surface area (TPSA) is 35.5 Å². The number of aliphatic hydroxyl groups excluding tert-OH is 1. The van der Waals surface area contributed by atoms with E-state index in [-0.39, 0.29) is 0 Å². The van der Waals surface area contributed by atoms with E-state index in [1.165, 1.54) is 41.5 Å². The largest absolute Gasteiger partial charge is 0.395 e. The summed E-state index contributed by atoms with van der Waals surface area (Å²) in [5, 5.41) is 13.2. The zero-order valence-electron chi connectivity index (χ0n) is 14.8. The molecular formula is C22H28N2O. The van der Waals surface area contributed by atoms with Gasteiger partial charge in [-0.15, -0.1) is 0 Å². The second-order valence-corrected chi connectivity index (χ2v) is 7.28. The number of hydrogen-bond acceptors (Lipinski definition) is 3. The average Bonchev–Trinajstić information content (AvgIpc) is 3.24. The lowest BCUT2D eigenvalue weighted by molar-refractivity contribution is 0.157. The van der Waals surface area contributed by atoms with E-state index in [9.17, 15) is 5.11 Å². The number of fused-ring (bicyclic) bond motifs is 3. The fourth-order valence-electron chi connectivity index (χ4n) is 4.46. The van der Waals surface area contributed by atoms with Gasteiger partial charge in [0.15, 0.2) is 0 Å². The molecule has 2 N–H and O–H groups in total. The molecule has 25 heavy (non-hydrogen) atoms. The number of likely N-dealkylation sites (tertiary alicyclic amines) is 1. The number of nitrogens with zero attached hydrogens (tertiary/aromatic N) is 1. The van der Waals surface area contributed by atoms with Crippen LogP contribution < -0.4 is 5.32 Å². The summed E-state index contributed by atoms with van der Waals surface area (Å²) in [6, 6.07) is 18.2. The SMILES string of the molecule is OCC1CCCN1CCCCNC1c2ccccc2-c2ccccc21. The Kier molecular flexibility index (Phi) is 5.16. The van der Waals surface area contributed by atoms with Crippen molar-refractivity contribution in [2.75, 3.05) is 26.2 Å². The van der Waals surface area contributed by atoms with Crippen LogP contribution in [0.1, 0.15) is 42.9 Å². The first-order chi connectivity index (χ1) is 12.4. The Morgan fingerprint density at radius 2 is 1.64 bits per heavy atom. The summed E-state index contributed by atoms with van der Waals surface area (Å²) >= 11 is 0. The molecule has 3 nitrogen and oxygen atoms in total. The monoisotopic (exact) mass is 336 g/mol. The second-order valence-electron chi connectivity index (χ2n) is 7.28. The third-order valence-electron chi connectivity index (χ3n) is 5.76. The van der Waals surface area contributed by atoms with Gasteiger partial charge in [-0.2, -0.15) is 0 Å². The van der Waals surface area contributed by atoms with Crippen LogP contribution in [0.15, 0.2) is 48.5 Å². The zero-order chi connectivity index (χ0) is 17.1. The predicted molar refractivity (Wildman–Crippen MR) is 103 cm³/mol. The van der Waals surface area contributed by atoms with Crippen LogP contribution in [-0.4, -0.2) is 42.3 Å². The standard InChI is InChI=1S/C22H28N2O/c25-16-17-8-7-15-24(17)14-6-5-13-23-22-20-11-3-1-9-18(20)19-10-2-4-12-21(19)22/h1-4,9-12,17,22-23,25H,5-8,13-16H2. The van der Waals surface area contributed by atoms with Gasteiger partial charge in [-0.3, -0.25) is 4.90 Å². The van der Waals surface area contributed by atoms with Crippen LogP contribution in [0.2, 0.25) is 0 Å². The van der Waals surface area contributed by atoms with Crippen LogP contribution in [0.4, 0.5) is 0 Å². The summed E-state index contributed by atoms with van der Waals surface area (Å²) in [4.78, 5) is 2.46. The molecule has 1 saturated heterocycles. The molecule has 3 heteroatoms. The van der Waals surface area contributed by atoms with Crippen molar-refractivity contribution < 1.29 is 5.11 Å². The Bertz CT molecular complexity index is 669. The van der Waals surface area contributed by atoms with Gasteiger partial charge in [0.1, 0.15) is 0 Å². The first-order valence-corrected chi connectivity index (χ1v) is 9.65. The number of unbranched alkanes of at least 4 members (excludes halogenated alkanes) is 1. The third-order valence-corrected chi connectivity index (χ3v) is 5.76. The summed E-state index contributed by atoms with van der Waals surface area (Å²) in [6.07, 6.45) is 4.76. The van der Waals surface area contributed by atoms with Crippen LogP contribution in [0.5, 0.6) is 0 Å². The minimum atomic E-state index is 0.313. The van der Waals surface area contributed by atoms with Crippen molar-refractivity contribution in [3.63, 3.8) is 0 Å². The van der Waals surface area contributed by atoms with Crippen molar-refractivity contribution in [2.24, 2.45) is 0 Å². The molecule has 2 aromatic rings. The van der Waals surface area contributed by atoms with E-state index in [4.69, 9.17) is 0 Å². The first kappa shape index (κ1) is 16.8. The average molecular weight is 336 g/mol. The van der Waals surface area contributed by atoms with E-state index in [0.29, 0.717) is 18.7 Å². The minimum absolute atomic E-state index is 0.313. The van der Waals surface area contributed by atoms with E-state index in [1.807, 2.05) is 0 Å². The van der Waals surface area contributed by atoms with Crippen molar-refractivity contribution in [1.29, 1.82) is 0 Å². The number of rotatable bonds is 7. The van der Waals surface area contributed by atoms with Crippen molar-refractivity contribution >= 4 is 0 Å². The van der Waals surface area contributed by atoms with Crippen molar-refractivity contribution in [3.8, 4) is 11.1 Å². The number of hydrogen-bond donors (Lipinski definition) is 2. The van der Waals surface area contributed by atoms with Gasteiger partial charge in [0, 0.05) is 6.04 Å². The maximum atomic E-state index is 9.41. The summed E-state index contributed by atoms with van der Waals surface area (Å²) in [6.45, 7) is 3.62. The van der Waals surface area contributed by atoms with E-state index < -0.39 is 0 Å². The zero-order valence-corrected chi connectivity index (χ0v) is 14.8. The number of benzene rings is 2. The van der Waals surface area contributed by atoms with E-state index in [0.717, 1.165) is 26.1 Å². The van der Waals surface area contributed by atoms with Gasteiger partial charge in [0.05, 0.1) is 12.6 Å². The molecule has 0 aromatic heterocycles. The molecule has 1 atom stereocenters. The van der Waals surface area contributed by atoms with Crippen LogP contribution in [0, 0.1) is 0 Å². The lowest BCUT2D eigenvalue weighted by Gasteiger charge is -2.22. The fraction of sp³-hybridized carbons (Fsp3) is 0.455. The molecule has 0 bridgehead atoms. The molecule has 0 spiro atoms.